The fourth-order valence-electron chi connectivity index (χ4n) is 1.80. The number of ether oxygens (including phenoxy) is 1. The van der Waals surface area contributed by atoms with E-state index in [1.54, 1.807) is 18.2 Å². The Morgan fingerprint density at radius 2 is 2.00 bits per heavy atom. The number of methoxy groups -OCH3 is 1. The molecule has 0 radical (unpaired) electrons. The first-order valence-corrected chi connectivity index (χ1v) is 7.10. The van der Waals surface area contributed by atoms with Gasteiger partial charge in [0, 0.05) is 17.1 Å². The van der Waals surface area contributed by atoms with Crippen LogP contribution in [0.1, 0.15) is 5.56 Å². The molecule has 0 atom stereocenters. The molecule has 0 spiro atoms. The molecular weight excluding hydrogens is 330 g/mol. The zero-order chi connectivity index (χ0) is 16.1. The molecule has 0 aliphatic carbocycles. The highest BCUT2D eigenvalue weighted by Crippen LogP contribution is 2.27. The van der Waals surface area contributed by atoms with Gasteiger partial charge in [-0.2, -0.15) is 0 Å². The molecule has 2 N–H and O–H groups in total. The molecule has 2 aromatic rings. The SMILES string of the molecule is COc1ccc(Cl)cc1NC(=S)NCc1cc(F)ccc1F. The van der Waals surface area contributed by atoms with E-state index in [1.807, 2.05) is 0 Å². The van der Waals surface area contributed by atoms with Crippen molar-refractivity contribution < 1.29 is 13.5 Å². The second kappa shape index (κ2) is 7.38. The van der Waals surface area contributed by atoms with Gasteiger partial charge >= 0.3 is 0 Å². The van der Waals surface area contributed by atoms with Crippen LogP contribution in [0.2, 0.25) is 5.02 Å². The van der Waals surface area contributed by atoms with Gasteiger partial charge in [0.05, 0.1) is 12.8 Å². The summed E-state index contributed by atoms with van der Waals surface area (Å²) in [5.41, 5.74) is 0.759. The van der Waals surface area contributed by atoms with E-state index >= 15 is 0 Å². The molecule has 0 amide bonds. The normalized spacial score (nSPS) is 10.2. The molecule has 2 aromatic carbocycles. The van der Waals surface area contributed by atoms with E-state index in [1.165, 1.54) is 7.11 Å². The average Bonchev–Trinajstić information content (AvgIpc) is 2.48. The van der Waals surface area contributed by atoms with Gasteiger partial charge in [0.2, 0.25) is 0 Å². The summed E-state index contributed by atoms with van der Waals surface area (Å²) in [6.07, 6.45) is 0. The zero-order valence-corrected chi connectivity index (χ0v) is 13.2. The highest BCUT2D eigenvalue weighted by Gasteiger charge is 2.08. The Labute approximate surface area is 137 Å². The Bertz CT molecular complexity index is 697. The average molecular weight is 343 g/mol. The molecule has 7 heteroatoms. The summed E-state index contributed by atoms with van der Waals surface area (Å²) in [7, 11) is 1.52. The van der Waals surface area contributed by atoms with Crippen molar-refractivity contribution in [1.82, 2.24) is 5.32 Å². The topological polar surface area (TPSA) is 33.3 Å². The lowest BCUT2D eigenvalue weighted by molar-refractivity contribution is 0.417. The van der Waals surface area contributed by atoms with Gasteiger partial charge in [-0.25, -0.2) is 8.78 Å². The highest BCUT2D eigenvalue weighted by atomic mass is 35.5. The minimum atomic E-state index is -0.506. The van der Waals surface area contributed by atoms with E-state index in [2.05, 4.69) is 10.6 Å². The van der Waals surface area contributed by atoms with Gasteiger partial charge in [-0.15, -0.1) is 0 Å². The Balaban J connectivity index is 2.01. The van der Waals surface area contributed by atoms with Gasteiger partial charge in [-0.05, 0) is 48.6 Å². The molecular formula is C15H13ClF2N2OS. The van der Waals surface area contributed by atoms with Crippen molar-refractivity contribution in [1.29, 1.82) is 0 Å². The van der Waals surface area contributed by atoms with Gasteiger partial charge in [0.1, 0.15) is 17.4 Å². The first-order chi connectivity index (χ1) is 10.5. The minimum absolute atomic E-state index is 0.0539. The number of rotatable bonds is 4. The number of benzene rings is 2. The molecule has 3 nitrogen and oxygen atoms in total. The van der Waals surface area contributed by atoms with E-state index in [-0.39, 0.29) is 17.2 Å². The third-order valence-electron chi connectivity index (χ3n) is 2.86. The standard InChI is InChI=1S/C15H13ClF2N2OS/c1-21-14-5-2-10(16)7-13(14)20-15(22)19-8-9-6-11(17)3-4-12(9)18/h2-7H,8H2,1H3,(H2,19,20,22). The summed E-state index contributed by atoms with van der Waals surface area (Å²) in [5, 5.41) is 6.46. The molecule has 0 saturated carbocycles. The van der Waals surface area contributed by atoms with Crippen LogP contribution in [-0.2, 0) is 6.54 Å². The number of halogens is 3. The smallest absolute Gasteiger partial charge is 0.171 e. The van der Waals surface area contributed by atoms with E-state index in [4.69, 9.17) is 28.6 Å². The lowest BCUT2D eigenvalue weighted by atomic mass is 10.2. The van der Waals surface area contributed by atoms with Gasteiger partial charge < -0.3 is 15.4 Å². The van der Waals surface area contributed by atoms with Crippen LogP contribution in [0.5, 0.6) is 5.75 Å². The van der Waals surface area contributed by atoms with Crippen LogP contribution in [0, 0.1) is 11.6 Å². The Hall–Kier alpha value is -1.92. The predicted octanol–water partition coefficient (Wildman–Crippen LogP) is 4.11. The van der Waals surface area contributed by atoms with Crippen LogP contribution in [-0.4, -0.2) is 12.2 Å². The van der Waals surface area contributed by atoms with Crippen LogP contribution in [0.4, 0.5) is 14.5 Å². The third-order valence-corrected chi connectivity index (χ3v) is 3.34. The van der Waals surface area contributed by atoms with E-state index in [0.717, 1.165) is 18.2 Å². The van der Waals surface area contributed by atoms with Crippen molar-refractivity contribution in [3.05, 3.63) is 58.6 Å². The quantitative estimate of drug-likeness (QED) is 0.819. The maximum absolute atomic E-state index is 13.5. The Kier molecular flexibility index (Phi) is 5.51. The summed E-state index contributed by atoms with van der Waals surface area (Å²) >= 11 is 11.0. The number of thiocarbonyl (C=S) groups is 1. The van der Waals surface area contributed by atoms with Crippen molar-refractivity contribution in [2.75, 3.05) is 12.4 Å². The fourth-order valence-corrected chi connectivity index (χ4v) is 2.15. The van der Waals surface area contributed by atoms with Crippen LogP contribution >= 0.6 is 23.8 Å². The minimum Gasteiger partial charge on any atom is -0.495 e. The first kappa shape index (κ1) is 16.5. The largest absolute Gasteiger partial charge is 0.495 e. The fraction of sp³-hybridized carbons (Fsp3) is 0.133. The molecule has 0 aromatic heterocycles. The monoisotopic (exact) mass is 342 g/mol. The molecule has 2 rings (SSSR count). The summed E-state index contributed by atoms with van der Waals surface area (Å²) < 4.78 is 31.8. The van der Waals surface area contributed by atoms with Crippen molar-refractivity contribution in [2.45, 2.75) is 6.54 Å². The molecule has 0 aliphatic heterocycles. The van der Waals surface area contributed by atoms with Crippen LogP contribution in [0.15, 0.2) is 36.4 Å². The van der Waals surface area contributed by atoms with Gasteiger partial charge in [-0.1, -0.05) is 11.6 Å². The van der Waals surface area contributed by atoms with E-state index in [9.17, 15) is 8.78 Å². The van der Waals surface area contributed by atoms with Crippen molar-refractivity contribution in [2.24, 2.45) is 0 Å². The second-order valence-corrected chi connectivity index (χ2v) is 5.23. The number of hydrogen-bond donors (Lipinski definition) is 2. The molecule has 0 aliphatic rings. The molecule has 0 saturated heterocycles. The Morgan fingerprint density at radius 3 is 2.73 bits per heavy atom. The van der Waals surface area contributed by atoms with E-state index in [0.29, 0.717) is 16.5 Å². The summed E-state index contributed by atoms with van der Waals surface area (Å²) in [6.45, 7) is 0.0539. The Morgan fingerprint density at radius 1 is 1.23 bits per heavy atom. The lowest BCUT2D eigenvalue weighted by Crippen LogP contribution is -2.28. The van der Waals surface area contributed by atoms with Gasteiger partial charge in [0.15, 0.2) is 5.11 Å². The van der Waals surface area contributed by atoms with Crippen LogP contribution in [0.25, 0.3) is 0 Å². The molecule has 0 bridgehead atoms. The molecule has 116 valence electrons. The molecule has 0 heterocycles. The first-order valence-electron chi connectivity index (χ1n) is 6.32. The lowest BCUT2D eigenvalue weighted by Gasteiger charge is -2.14. The number of hydrogen-bond acceptors (Lipinski definition) is 2. The number of anilines is 1. The highest BCUT2D eigenvalue weighted by molar-refractivity contribution is 7.80. The summed E-state index contributed by atoms with van der Waals surface area (Å²) in [4.78, 5) is 0. The molecule has 0 fully saturated rings. The van der Waals surface area contributed by atoms with Crippen molar-refractivity contribution >= 4 is 34.6 Å². The number of nitrogens with one attached hydrogen (secondary N) is 2. The maximum atomic E-state index is 13.5. The maximum Gasteiger partial charge on any atom is 0.171 e. The van der Waals surface area contributed by atoms with Crippen LogP contribution < -0.4 is 15.4 Å². The predicted molar refractivity (Wildman–Crippen MR) is 87.4 cm³/mol. The molecule has 0 unspecified atom stereocenters. The van der Waals surface area contributed by atoms with Crippen molar-refractivity contribution in [3.8, 4) is 5.75 Å². The summed E-state index contributed by atoms with van der Waals surface area (Å²) in [5.74, 6) is -0.448. The van der Waals surface area contributed by atoms with E-state index < -0.39 is 11.6 Å². The zero-order valence-electron chi connectivity index (χ0n) is 11.6. The summed E-state index contributed by atoms with van der Waals surface area (Å²) in [6, 6.07) is 8.28. The van der Waals surface area contributed by atoms with Gasteiger partial charge in [0.25, 0.3) is 0 Å². The third kappa shape index (κ3) is 4.29. The molecule has 22 heavy (non-hydrogen) atoms. The van der Waals surface area contributed by atoms with Crippen LogP contribution in [0.3, 0.4) is 0 Å². The second-order valence-electron chi connectivity index (χ2n) is 4.39. The van der Waals surface area contributed by atoms with Crippen molar-refractivity contribution in [3.63, 3.8) is 0 Å². The van der Waals surface area contributed by atoms with Gasteiger partial charge in [-0.3, -0.25) is 0 Å².